The minimum Gasteiger partial charge on any atom is -0.292 e. The van der Waals surface area contributed by atoms with Crippen LogP contribution in [-0.2, 0) is 25.2 Å². The predicted molar refractivity (Wildman–Crippen MR) is 127 cm³/mol. The molecule has 4 rings (SSSR count). The van der Waals surface area contributed by atoms with E-state index in [-0.39, 0.29) is 5.69 Å². The highest BCUT2D eigenvalue weighted by Crippen LogP contribution is 2.30. The van der Waals surface area contributed by atoms with Gasteiger partial charge in [0.2, 0.25) is 5.82 Å². The number of tetrazole rings is 1. The number of alkyl halides is 1. The first-order valence-electron chi connectivity index (χ1n) is 11.2. The van der Waals surface area contributed by atoms with Gasteiger partial charge in [0.1, 0.15) is 6.67 Å². The van der Waals surface area contributed by atoms with E-state index in [2.05, 4.69) is 20.6 Å². The van der Waals surface area contributed by atoms with Crippen molar-refractivity contribution in [3.63, 3.8) is 0 Å². The van der Waals surface area contributed by atoms with Crippen molar-refractivity contribution in [2.24, 2.45) is 0 Å². The van der Waals surface area contributed by atoms with Crippen molar-refractivity contribution in [3.8, 4) is 22.5 Å². The summed E-state index contributed by atoms with van der Waals surface area (Å²) in [5.41, 5.74) is 4.48. The molecule has 0 amide bonds. The Morgan fingerprint density at radius 1 is 1.00 bits per heavy atom. The van der Waals surface area contributed by atoms with Crippen molar-refractivity contribution in [1.29, 1.82) is 0 Å². The van der Waals surface area contributed by atoms with Gasteiger partial charge >= 0.3 is 5.69 Å². The molecule has 8 heteroatoms. The fraction of sp³-hybridized carbons (Fsp3) is 0.360. The first-order valence-corrected chi connectivity index (χ1v) is 11.2. The Bertz CT molecular complexity index is 1280. The van der Waals surface area contributed by atoms with E-state index in [9.17, 15) is 9.18 Å². The molecule has 0 aliphatic heterocycles. The van der Waals surface area contributed by atoms with Gasteiger partial charge in [-0.15, -0.1) is 10.2 Å². The maximum absolute atomic E-state index is 14.0. The molecule has 4 aromatic rings. The second-order valence-corrected chi connectivity index (χ2v) is 9.13. The van der Waals surface area contributed by atoms with E-state index in [1.807, 2.05) is 76.2 Å². The average molecular weight is 449 g/mol. The van der Waals surface area contributed by atoms with Crippen LogP contribution in [0.1, 0.15) is 51.1 Å². The van der Waals surface area contributed by atoms with Crippen LogP contribution in [0, 0.1) is 0 Å². The zero-order chi connectivity index (χ0) is 23.6. The third kappa shape index (κ3) is 4.37. The molecule has 0 aliphatic carbocycles. The number of imidazole rings is 1. The zero-order valence-corrected chi connectivity index (χ0v) is 19.5. The molecule has 0 bridgehead atoms. The summed E-state index contributed by atoms with van der Waals surface area (Å²) in [4.78, 5) is 13.3. The molecule has 0 fully saturated rings. The van der Waals surface area contributed by atoms with E-state index in [0.717, 1.165) is 34.4 Å². The standard InChI is InChI=1S/C25H29FN6O/c1-5-8-21-22(15-26)32(25(2,3)4)24(33)31(21)16-17-11-13-18(14-12-17)19-9-6-7-10-20(19)23-27-29-30-28-23/h6-7,9-14H,5,8,15-16H2,1-4H3,(H,27,28,29,30). The molecule has 2 aromatic heterocycles. The SMILES string of the molecule is CCCc1c(CF)n(C(C)(C)C)c(=O)n1Cc1ccc(-c2ccccc2-c2nn[nH]n2)cc1. The highest BCUT2D eigenvalue weighted by atomic mass is 19.1. The fourth-order valence-corrected chi connectivity index (χ4v) is 4.32. The van der Waals surface area contributed by atoms with Crippen LogP contribution in [0.25, 0.3) is 22.5 Å². The van der Waals surface area contributed by atoms with Gasteiger partial charge in [0.25, 0.3) is 0 Å². The quantitative estimate of drug-likeness (QED) is 0.443. The molecule has 0 aliphatic rings. The van der Waals surface area contributed by atoms with Crippen LogP contribution in [-0.4, -0.2) is 29.8 Å². The lowest BCUT2D eigenvalue weighted by Gasteiger charge is -2.22. The average Bonchev–Trinajstić information content (AvgIpc) is 3.42. The molecule has 2 aromatic carbocycles. The van der Waals surface area contributed by atoms with Gasteiger partial charge < -0.3 is 0 Å². The number of H-pyrrole nitrogens is 1. The van der Waals surface area contributed by atoms with Crippen LogP contribution in [0.3, 0.4) is 0 Å². The van der Waals surface area contributed by atoms with Gasteiger partial charge in [0.05, 0.1) is 12.2 Å². The third-order valence-electron chi connectivity index (χ3n) is 5.75. The lowest BCUT2D eigenvalue weighted by atomic mass is 9.98. The van der Waals surface area contributed by atoms with Gasteiger partial charge in [-0.3, -0.25) is 9.13 Å². The Labute approximate surface area is 192 Å². The molecule has 0 unspecified atom stereocenters. The van der Waals surface area contributed by atoms with Gasteiger partial charge in [-0.25, -0.2) is 9.18 Å². The molecule has 0 spiro atoms. The molecule has 0 atom stereocenters. The van der Waals surface area contributed by atoms with Gasteiger partial charge in [-0.05, 0) is 49.1 Å². The van der Waals surface area contributed by atoms with Gasteiger partial charge in [0.15, 0.2) is 0 Å². The van der Waals surface area contributed by atoms with E-state index < -0.39 is 12.2 Å². The molecular formula is C25H29FN6O. The van der Waals surface area contributed by atoms with Crippen molar-refractivity contribution in [2.75, 3.05) is 0 Å². The largest absolute Gasteiger partial charge is 0.329 e. The smallest absolute Gasteiger partial charge is 0.292 e. The topological polar surface area (TPSA) is 81.4 Å². The van der Waals surface area contributed by atoms with Crippen molar-refractivity contribution in [3.05, 3.63) is 76.0 Å². The molecule has 7 nitrogen and oxygen atoms in total. The monoisotopic (exact) mass is 448 g/mol. The number of hydrogen-bond donors (Lipinski definition) is 1. The van der Waals surface area contributed by atoms with Crippen molar-refractivity contribution in [2.45, 2.75) is 59.3 Å². The summed E-state index contributed by atoms with van der Waals surface area (Å²) in [6.45, 7) is 7.59. The van der Waals surface area contributed by atoms with E-state index in [0.29, 0.717) is 24.5 Å². The number of aromatic amines is 1. The van der Waals surface area contributed by atoms with E-state index in [1.54, 1.807) is 9.13 Å². The first kappa shape index (κ1) is 22.6. The van der Waals surface area contributed by atoms with Crippen molar-refractivity contribution in [1.82, 2.24) is 29.8 Å². The molecule has 172 valence electrons. The minimum absolute atomic E-state index is 0.162. The van der Waals surface area contributed by atoms with Crippen LogP contribution in [0.5, 0.6) is 0 Å². The summed E-state index contributed by atoms with van der Waals surface area (Å²) < 4.78 is 17.4. The number of nitrogens with one attached hydrogen (secondary N) is 1. The minimum atomic E-state index is -0.652. The Morgan fingerprint density at radius 2 is 1.70 bits per heavy atom. The molecule has 0 radical (unpaired) electrons. The summed E-state index contributed by atoms with van der Waals surface area (Å²) in [5, 5.41) is 14.4. The molecular weight excluding hydrogens is 419 g/mol. The zero-order valence-electron chi connectivity index (χ0n) is 19.5. The number of hydrogen-bond acceptors (Lipinski definition) is 4. The maximum Gasteiger partial charge on any atom is 0.329 e. The Kier molecular flexibility index (Phi) is 6.26. The van der Waals surface area contributed by atoms with E-state index in [4.69, 9.17) is 0 Å². The summed E-state index contributed by atoms with van der Waals surface area (Å²) in [6.07, 6.45) is 1.50. The molecule has 1 N–H and O–H groups in total. The normalized spacial score (nSPS) is 11.8. The summed E-state index contributed by atoms with van der Waals surface area (Å²) in [7, 11) is 0. The van der Waals surface area contributed by atoms with E-state index >= 15 is 0 Å². The Morgan fingerprint density at radius 3 is 2.27 bits per heavy atom. The summed E-state index contributed by atoms with van der Waals surface area (Å²) in [6, 6.07) is 15.9. The van der Waals surface area contributed by atoms with Crippen LogP contribution in [0.4, 0.5) is 4.39 Å². The molecule has 2 heterocycles. The Balaban J connectivity index is 1.71. The van der Waals surface area contributed by atoms with Crippen LogP contribution < -0.4 is 5.69 Å². The fourth-order valence-electron chi connectivity index (χ4n) is 4.32. The lowest BCUT2D eigenvalue weighted by molar-refractivity contribution is 0.346. The predicted octanol–water partition coefficient (Wildman–Crippen LogP) is 4.72. The number of rotatable bonds is 7. The highest BCUT2D eigenvalue weighted by Gasteiger charge is 2.26. The maximum atomic E-state index is 14.0. The first-order chi connectivity index (χ1) is 15.8. The Hall–Kier alpha value is -3.55. The van der Waals surface area contributed by atoms with Gasteiger partial charge in [-0.2, -0.15) is 5.21 Å². The van der Waals surface area contributed by atoms with Crippen LogP contribution in [0.15, 0.2) is 53.3 Å². The van der Waals surface area contributed by atoms with Gasteiger partial charge in [0, 0.05) is 16.8 Å². The number of halogens is 1. The molecule has 0 saturated heterocycles. The van der Waals surface area contributed by atoms with Crippen LogP contribution in [0.2, 0.25) is 0 Å². The number of benzene rings is 2. The molecule has 33 heavy (non-hydrogen) atoms. The molecule has 0 saturated carbocycles. The van der Waals surface area contributed by atoms with E-state index in [1.165, 1.54) is 0 Å². The van der Waals surface area contributed by atoms with Crippen molar-refractivity contribution < 1.29 is 4.39 Å². The second kappa shape index (κ2) is 9.13. The van der Waals surface area contributed by atoms with Gasteiger partial charge in [-0.1, -0.05) is 61.9 Å². The van der Waals surface area contributed by atoms with Crippen LogP contribution >= 0.6 is 0 Å². The summed E-state index contributed by atoms with van der Waals surface area (Å²) >= 11 is 0. The summed E-state index contributed by atoms with van der Waals surface area (Å²) in [5.74, 6) is 0.535. The number of aromatic nitrogens is 6. The lowest BCUT2D eigenvalue weighted by Crippen LogP contribution is -2.36. The third-order valence-corrected chi connectivity index (χ3v) is 5.75. The van der Waals surface area contributed by atoms with Crippen molar-refractivity contribution >= 4 is 0 Å². The highest BCUT2D eigenvalue weighted by molar-refractivity contribution is 5.80. The number of nitrogens with zero attached hydrogens (tertiary/aromatic N) is 5. The second-order valence-electron chi connectivity index (χ2n) is 9.13.